The van der Waals surface area contributed by atoms with Crippen LogP contribution in [0.25, 0.3) is 11.1 Å². The first-order chi connectivity index (χ1) is 13.0. The minimum atomic E-state index is -0.356. The molecule has 0 radical (unpaired) electrons. The number of piperazine rings is 1. The quantitative estimate of drug-likeness (QED) is 0.673. The summed E-state index contributed by atoms with van der Waals surface area (Å²) in [4.78, 5) is 29.0. The molecule has 1 aliphatic heterocycles. The van der Waals surface area contributed by atoms with Crippen molar-refractivity contribution in [3.8, 4) is 11.1 Å². The SMILES string of the molecule is Cc1ccc(-c2c(N3CCN(c4cc(C)ccc4C)CC3)c(=O)c2=O)cc1. The molecule has 0 amide bonds. The molecule has 3 aromatic carbocycles. The Morgan fingerprint density at radius 1 is 0.704 bits per heavy atom. The second-order valence-corrected chi connectivity index (χ2v) is 7.51. The molecule has 3 aromatic rings. The van der Waals surface area contributed by atoms with Gasteiger partial charge in [0.15, 0.2) is 0 Å². The van der Waals surface area contributed by atoms with Crippen molar-refractivity contribution in [3.05, 3.63) is 79.6 Å². The monoisotopic (exact) mass is 360 g/mol. The third-order valence-electron chi connectivity index (χ3n) is 5.53. The van der Waals surface area contributed by atoms with Gasteiger partial charge in [-0.15, -0.1) is 0 Å². The van der Waals surface area contributed by atoms with Crippen molar-refractivity contribution in [2.45, 2.75) is 20.8 Å². The van der Waals surface area contributed by atoms with Gasteiger partial charge < -0.3 is 9.80 Å². The molecule has 0 bridgehead atoms. The van der Waals surface area contributed by atoms with Crippen LogP contribution in [0.4, 0.5) is 11.4 Å². The van der Waals surface area contributed by atoms with Crippen molar-refractivity contribution in [2.75, 3.05) is 36.0 Å². The molecule has 0 saturated carbocycles. The maximum Gasteiger partial charge on any atom is 0.250 e. The van der Waals surface area contributed by atoms with Crippen molar-refractivity contribution >= 4 is 11.4 Å². The summed E-state index contributed by atoms with van der Waals surface area (Å²) in [5.41, 5.74) is 6.25. The van der Waals surface area contributed by atoms with E-state index in [9.17, 15) is 9.59 Å². The van der Waals surface area contributed by atoms with Gasteiger partial charge in [-0.3, -0.25) is 9.59 Å². The smallest absolute Gasteiger partial charge is 0.250 e. The molecular formula is C23H24N2O2. The van der Waals surface area contributed by atoms with Crippen LogP contribution in [0.3, 0.4) is 0 Å². The lowest BCUT2D eigenvalue weighted by atomic mass is 9.96. The fourth-order valence-electron chi connectivity index (χ4n) is 3.90. The second kappa shape index (κ2) is 6.69. The summed E-state index contributed by atoms with van der Waals surface area (Å²) in [6, 6.07) is 14.3. The molecule has 1 aliphatic rings. The molecule has 4 rings (SSSR count). The summed E-state index contributed by atoms with van der Waals surface area (Å²) < 4.78 is 0. The van der Waals surface area contributed by atoms with Gasteiger partial charge in [0.25, 0.3) is 0 Å². The predicted octanol–water partition coefficient (Wildman–Crippen LogP) is 3.20. The van der Waals surface area contributed by atoms with Crippen LogP contribution >= 0.6 is 0 Å². The summed E-state index contributed by atoms with van der Waals surface area (Å²) in [5.74, 6) is 0. The summed E-state index contributed by atoms with van der Waals surface area (Å²) in [6.07, 6.45) is 0. The zero-order chi connectivity index (χ0) is 19.1. The van der Waals surface area contributed by atoms with Crippen LogP contribution in [0.2, 0.25) is 0 Å². The zero-order valence-corrected chi connectivity index (χ0v) is 16.1. The summed E-state index contributed by atoms with van der Waals surface area (Å²) in [7, 11) is 0. The lowest BCUT2D eigenvalue weighted by Gasteiger charge is -2.39. The van der Waals surface area contributed by atoms with Crippen molar-refractivity contribution in [2.24, 2.45) is 0 Å². The van der Waals surface area contributed by atoms with Crippen LogP contribution in [-0.2, 0) is 0 Å². The minimum Gasteiger partial charge on any atom is -0.368 e. The number of hydrogen-bond acceptors (Lipinski definition) is 4. The van der Waals surface area contributed by atoms with E-state index >= 15 is 0 Å². The Kier molecular flexibility index (Phi) is 4.34. The molecule has 1 fully saturated rings. The van der Waals surface area contributed by atoms with Gasteiger partial charge in [0.2, 0.25) is 10.9 Å². The molecule has 0 aliphatic carbocycles. The first-order valence-electron chi connectivity index (χ1n) is 9.43. The van der Waals surface area contributed by atoms with Gasteiger partial charge in [-0.25, -0.2) is 0 Å². The second-order valence-electron chi connectivity index (χ2n) is 7.51. The van der Waals surface area contributed by atoms with Crippen LogP contribution in [0.1, 0.15) is 16.7 Å². The van der Waals surface area contributed by atoms with Gasteiger partial charge in [0.05, 0.1) is 5.56 Å². The number of hydrogen-bond donors (Lipinski definition) is 0. The highest BCUT2D eigenvalue weighted by Crippen LogP contribution is 2.29. The van der Waals surface area contributed by atoms with E-state index in [1.165, 1.54) is 16.8 Å². The molecule has 4 heteroatoms. The maximum absolute atomic E-state index is 12.3. The van der Waals surface area contributed by atoms with Gasteiger partial charge in [-0.05, 0) is 43.5 Å². The number of nitrogens with zero attached hydrogens (tertiary/aromatic N) is 2. The zero-order valence-electron chi connectivity index (χ0n) is 16.1. The molecule has 138 valence electrons. The van der Waals surface area contributed by atoms with Gasteiger partial charge in [-0.1, -0.05) is 42.0 Å². The topological polar surface area (TPSA) is 40.6 Å². The minimum absolute atomic E-state index is 0.342. The van der Waals surface area contributed by atoms with E-state index in [1.807, 2.05) is 31.2 Å². The van der Waals surface area contributed by atoms with E-state index in [-0.39, 0.29) is 10.9 Å². The highest BCUT2D eigenvalue weighted by molar-refractivity contribution is 5.83. The van der Waals surface area contributed by atoms with Crippen LogP contribution < -0.4 is 20.7 Å². The van der Waals surface area contributed by atoms with Crippen LogP contribution in [0, 0.1) is 20.8 Å². The van der Waals surface area contributed by atoms with E-state index in [4.69, 9.17) is 0 Å². The molecule has 0 unspecified atom stereocenters. The summed E-state index contributed by atoms with van der Waals surface area (Å²) in [5, 5.41) is 0. The average Bonchev–Trinajstić information content (AvgIpc) is 2.68. The standard InChI is InChI=1S/C23H24N2O2/c1-15-5-8-18(9-6-15)20-21(23(27)22(20)26)25-12-10-24(11-13-25)19-14-16(2)4-7-17(19)3/h4-9,14H,10-13H2,1-3H3. The van der Waals surface area contributed by atoms with Crippen molar-refractivity contribution in [3.63, 3.8) is 0 Å². The van der Waals surface area contributed by atoms with Crippen molar-refractivity contribution < 1.29 is 0 Å². The molecule has 0 atom stereocenters. The third kappa shape index (κ3) is 3.05. The van der Waals surface area contributed by atoms with Crippen LogP contribution in [0.15, 0.2) is 52.1 Å². The number of anilines is 2. The molecule has 0 spiro atoms. The third-order valence-corrected chi connectivity index (χ3v) is 5.53. The summed E-state index contributed by atoms with van der Waals surface area (Å²) >= 11 is 0. The molecule has 4 nitrogen and oxygen atoms in total. The van der Waals surface area contributed by atoms with E-state index < -0.39 is 0 Å². The number of aryl methyl sites for hydroxylation is 3. The Morgan fingerprint density at radius 3 is 1.96 bits per heavy atom. The molecular weight excluding hydrogens is 336 g/mol. The fraction of sp³-hybridized carbons (Fsp3) is 0.304. The van der Waals surface area contributed by atoms with Gasteiger partial charge in [0.1, 0.15) is 5.69 Å². The molecule has 27 heavy (non-hydrogen) atoms. The first kappa shape index (κ1) is 17.5. The highest BCUT2D eigenvalue weighted by atomic mass is 16.2. The van der Waals surface area contributed by atoms with E-state index in [0.717, 1.165) is 37.3 Å². The molecule has 0 N–H and O–H groups in total. The number of benzene rings is 2. The Balaban J connectivity index is 1.57. The molecule has 1 heterocycles. The Morgan fingerprint density at radius 2 is 1.30 bits per heavy atom. The Hall–Kier alpha value is -2.88. The lowest BCUT2D eigenvalue weighted by Crippen LogP contribution is -2.51. The number of rotatable bonds is 3. The van der Waals surface area contributed by atoms with E-state index in [0.29, 0.717) is 11.3 Å². The summed E-state index contributed by atoms with van der Waals surface area (Å²) in [6.45, 7) is 9.43. The maximum atomic E-state index is 12.3. The largest absolute Gasteiger partial charge is 0.368 e. The first-order valence-corrected chi connectivity index (χ1v) is 9.43. The van der Waals surface area contributed by atoms with Crippen LogP contribution in [0.5, 0.6) is 0 Å². The lowest BCUT2D eigenvalue weighted by molar-refractivity contribution is 0.649. The van der Waals surface area contributed by atoms with Crippen molar-refractivity contribution in [1.29, 1.82) is 0 Å². The van der Waals surface area contributed by atoms with Crippen molar-refractivity contribution in [1.82, 2.24) is 0 Å². The normalized spacial score (nSPS) is 14.8. The van der Waals surface area contributed by atoms with Gasteiger partial charge in [0, 0.05) is 31.9 Å². The average molecular weight is 360 g/mol. The Bertz CT molecular complexity index is 1050. The fourth-order valence-corrected chi connectivity index (χ4v) is 3.90. The molecule has 1 saturated heterocycles. The highest BCUT2D eigenvalue weighted by Gasteiger charge is 2.29. The Labute approximate surface area is 159 Å². The predicted molar refractivity (Wildman–Crippen MR) is 112 cm³/mol. The van der Waals surface area contributed by atoms with Gasteiger partial charge in [-0.2, -0.15) is 0 Å². The van der Waals surface area contributed by atoms with E-state index in [1.54, 1.807) is 0 Å². The molecule has 0 aromatic heterocycles. The van der Waals surface area contributed by atoms with Gasteiger partial charge >= 0.3 is 0 Å². The van der Waals surface area contributed by atoms with E-state index in [2.05, 4.69) is 41.8 Å². The van der Waals surface area contributed by atoms with Crippen LogP contribution in [-0.4, -0.2) is 26.2 Å².